The van der Waals surface area contributed by atoms with Gasteiger partial charge in [-0.15, -0.1) is 0 Å². The van der Waals surface area contributed by atoms with Crippen molar-refractivity contribution in [3.63, 3.8) is 0 Å². The van der Waals surface area contributed by atoms with E-state index in [0.29, 0.717) is 30.2 Å². The van der Waals surface area contributed by atoms with Gasteiger partial charge in [0.15, 0.2) is 0 Å². The third kappa shape index (κ3) is 6.05. The topological polar surface area (TPSA) is 36.4 Å². The van der Waals surface area contributed by atoms with Crippen molar-refractivity contribution < 1.29 is 0 Å². The van der Waals surface area contributed by atoms with Crippen molar-refractivity contribution >= 4 is 6.21 Å². The van der Waals surface area contributed by atoms with E-state index in [1.54, 1.807) is 0 Å². The van der Waals surface area contributed by atoms with Gasteiger partial charge in [-0.05, 0) is 92.8 Å². The van der Waals surface area contributed by atoms with Crippen LogP contribution in [-0.2, 0) is 0 Å². The lowest BCUT2D eigenvalue weighted by molar-refractivity contribution is 0.114. The number of aliphatic imine (C=N–C) groups is 1. The van der Waals surface area contributed by atoms with Gasteiger partial charge in [-0.2, -0.15) is 0 Å². The molecule has 3 saturated carbocycles. The van der Waals surface area contributed by atoms with Crippen LogP contribution in [0, 0.1) is 41.4 Å². The van der Waals surface area contributed by atoms with Crippen LogP contribution in [0.15, 0.2) is 4.99 Å². The van der Waals surface area contributed by atoms with E-state index < -0.39 is 0 Å². The van der Waals surface area contributed by atoms with Crippen molar-refractivity contribution in [2.45, 2.75) is 142 Å². The summed E-state index contributed by atoms with van der Waals surface area (Å²) < 4.78 is 0. The molecule has 4 aliphatic rings. The van der Waals surface area contributed by atoms with E-state index in [2.05, 4.69) is 58.4 Å². The van der Waals surface area contributed by atoms with Gasteiger partial charge in [-0.1, -0.05) is 60.8 Å². The molecule has 1 saturated heterocycles. The lowest BCUT2D eigenvalue weighted by Gasteiger charge is -2.48. The smallest absolute Gasteiger partial charge is 0.0557 e. The Kier molecular flexibility index (Phi) is 8.99. The van der Waals surface area contributed by atoms with E-state index in [4.69, 9.17) is 4.99 Å². The van der Waals surface area contributed by atoms with E-state index in [9.17, 15) is 0 Å². The van der Waals surface area contributed by atoms with E-state index >= 15 is 0 Å². The van der Waals surface area contributed by atoms with Crippen molar-refractivity contribution in [1.82, 2.24) is 10.6 Å². The lowest BCUT2D eigenvalue weighted by atomic mass is 9.69. The highest BCUT2D eigenvalue weighted by molar-refractivity contribution is 5.65. The SMILES string of the molecule is CC(C)C1CCCC(C(C)C)C1N=CC1CCC2CCCC(NC3C(C)CCCC3C)C2N1. The van der Waals surface area contributed by atoms with Crippen LogP contribution in [0.5, 0.6) is 0 Å². The number of nitrogens with one attached hydrogen (secondary N) is 2. The molecule has 1 heterocycles. The van der Waals surface area contributed by atoms with Gasteiger partial charge in [-0.3, -0.25) is 4.99 Å². The first kappa shape index (κ1) is 25.7. The number of hydrogen-bond donors (Lipinski definition) is 2. The first-order chi connectivity index (χ1) is 15.8. The van der Waals surface area contributed by atoms with Crippen LogP contribution in [0.3, 0.4) is 0 Å². The summed E-state index contributed by atoms with van der Waals surface area (Å²) in [5.74, 6) is 5.50. The fourth-order valence-corrected chi connectivity index (χ4v) is 8.28. The van der Waals surface area contributed by atoms with Gasteiger partial charge < -0.3 is 10.6 Å². The predicted molar refractivity (Wildman–Crippen MR) is 143 cm³/mol. The molecule has 0 amide bonds. The molecule has 190 valence electrons. The molecule has 33 heavy (non-hydrogen) atoms. The quantitative estimate of drug-likeness (QED) is 0.428. The fourth-order valence-electron chi connectivity index (χ4n) is 8.28. The number of hydrogen-bond acceptors (Lipinski definition) is 3. The molecule has 3 heteroatoms. The highest BCUT2D eigenvalue weighted by Crippen LogP contribution is 2.40. The molecular weight excluding hydrogens is 402 g/mol. The van der Waals surface area contributed by atoms with Crippen LogP contribution in [0.2, 0.25) is 0 Å². The second-order valence-electron chi connectivity index (χ2n) is 13.3. The van der Waals surface area contributed by atoms with Crippen molar-refractivity contribution in [2.24, 2.45) is 46.4 Å². The highest BCUT2D eigenvalue weighted by Gasteiger charge is 2.40. The summed E-state index contributed by atoms with van der Waals surface area (Å²) in [6.07, 6.45) is 17.6. The molecule has 0 radical (unpaired) electrons. The minimum absolute atomic E-state index is 0.470. The Morgan fingerprint density at radius 3 is 2.00 bits per heavy atom. The van der Waals surface area contributed by atoms with Crippen molar-refractivity contribution in [3.8, 4) is 0 Å². The first-order valence-electron chi connectivity index (χ1n) is 14.9. The summed E-state index contributed by atoms with van der Waals surface area (Å²) in [5, 5.41) is 8.36. The summed E-state index contributed by atoms with van der Waals surface area (Å²) in [6, 6.07) is 2.99. The summed E-state index contributed by atoms with van der Waals surface area (Å²) in [5.41, 5.74) is 0. The van der Waals surface area contributed by atoms with Crippen molar-refractivity contribution in [3.05, 3.63) is 0 Å². The normalized spacial score (nSPS) is 45.0. The maximum absolute atomic E-state index is 5.41. The molecule has 8 atom stereocenters. The molecular formula is C30H55N3. The van der Waals surface area contributed by atoms with E-state index in [-0.39, 0.29) is 0 Å². The van der Waals surface area contributed by atoms with Gasteiger partial charge >= 0.3 is 0 Å². The monoisotopic (exact) mass is 457 g/mol. The Bertz CT molecular complexity index is 602. The Hall–Kier alpha value is -0.410. The van der Waals surface area contributed by atoms with Crippen LogP contribution in [0.4, 0.5) is 0 Å². The third-order valence-corrected chi connectivity index (χ3v) is 10.3. The van der Waals surface area contributed by atoms with E-state index in [1.165, 1.54) is 70.6 Å². The van der Waals surface area contributed by atoms with E-state index in [0.717, 1.165) is 41.4 Å². The Balaban J connectivity index is 1.43. The minimum Gasteiger partial charge on any atom is -0.309 e. The van der Waals surface area contributed by atoms with Crippen LogP contribution in [0.25, 0.3) is 0 Å². The number of nitrogens with zero attached hydrogens (tertiary/aromatic N) is 1. The van der Waals surface area contributed by atoms with Crippen LogP contribution >= 0.6 is 0 Å². The standard InChI is InChI=1S/C30H55N3/c1-19(2)25-13-9-14-26(20(3)4)30(25)31-18-24-17-16-23-12-8-15-27(29(23)32-24)33-28-21(5)10-7-11-22(28)6/h18-30,32-33H,7-17H2,1-6H3. The Morgan fingerprint density at radius 1 is 0.758 bits per heavy atom. The molecule has 1 aliphatic heterocycles. The molecule has 2 N–H and O–H groups in total. The zero-order chi connectivity index (χ0) is 23.5. The molecule has 3 nitrogen and oxygen atoms in total. The first-order valence-corrected chi connectivity index (χ1v) is 14.9. The number of rotatable bonds is 6. The summed E-state index contributed by atoms with van der Waals surface area (Å²) in [4.78, 5) is 5.41. The average Bonchev–Trinajstić information content (AvgIpc) is 2.79. The summed E-state index contributed by atoms with van der Waals surface area (Å²) >= 11 is 0. The molecule has 0 aromatic heterocycles. The second kappa shape index (κ2) is 11.5. The Labute approximate surface area is 205 Å². The predicted octanol–water partition coefficient (Wildman–Crippen LogP) is 6.86. The zero-order valence-corrected chi connectivity index (χ0v) is 22.7. The maximum atomic E-state index is 5.41. The molecule has 0 aromatic rings. The third-order valence-electron chi connectivity index (χ3n) is 10.3. The molecule has 4 rings (SSSR count). The minimum atomic E-state index is 0.470. The van der Waals surface area contributed by atoms with Crippen LogP contribution in [0.1, 0.15) is 112 Å². The van der Waals surface area contributed by atoms with Crippen LogP contribution < -0.4 is 10.6 Å². The van der Waals surface area contributed by atoms with Gasteiger partial charge in [0, 0.05) is 30.4 Å². The molecule has 0 spiro atoms. The average molecular weight is 458 g/mol. The molecule has 3 aliphatic carbocycles. The van der Waals surface area contributed by atoms with Gasteiger partial charge in [-0.25, -0.2) is 0 Å². The van der Waals surface area contributed by atoms with E-state index in [1.807, 2.05) is 0 Å². The van der Waals surface area contributed by atoms with Crippen molar-refractivity contribution in [2.75, 3.05) is 0 Å². The molecule has 4 fully saturated rings. The van der Waals surface area contributed by atoms with Crippen LogP contribution in [-0.4, -0.2) is 36.4 Å². The summed E-state index contributed by atoms with van der Waals surface area (Å²) in [7, 11) is 0. The maximum Gasteiger partial charge on any atom is 0.0557 e. The lowest BCUT2D eigenvalue weighted by Crippen LogP contribution is -2.62. The molecule has 0 aromatic carbocycles. The number of fused-ring (bicyclic) bond motifs is 1. The fraction of sp³-hybridized carbons (Fsp3) is 0.967. The zero-order valence-electron chi connectivity index (χ0n) is 22.7. The summed E-state index contributed by atoms with van der Waals surface area (Å²) in [6.45, 7) is 14.7. The largest absolute Gasteiger partial charge is 0.309 e. The Morgan fingerprint density at radius 2 is 1.36 bits per heavy atom. The van der Waals surface area contributed by atoms with Gasteiger partial charge in [0.1, 0.15) is 0 Å². The molecule has 8 unspecified atom stereocenters. The van der Waals surface area contributed by atoms with Crippen molar-refractivity contribution in [1.29, 1.82) is 0 Å². The second-order valence-corrected chi connectivity index (χ2v) is 13.3. The van der Waals surface area contributed by atoms with Gasteiger partial charge in [0.2, 0.25) is 0 Å². The van der Waals surface area contributed by atoms with Gasteiger partial charge in [0.25, 0.3) is 0 Å². The van der Waals surface area contributed by atoms with Gasteiger partial charge in [0.05, 0.1) is 6.04 Å². The molecule has 0 bridgehead atoms. The highest BCUT2D eigenvalue weighted by atomic mass is 15.1. The number of piperidine rings is 1.